The Kier molecular flexibility index (Phi) is 4.11. The number of rotatable bonds is 4. The Morgan fingerprint density at radius 3 is 2.50 bits per heavy atom. The van der Waals surface area contributed by atoms with E-state index in [1.807, 2.05) is 6.07 Å². The van der Waals surface area contributed by atoms with Gasteiger partial charge in [-0.2, -0.15) is 5.26 Å². The Balaban J connectivity index is 2.05. The second kappa shape index (κ2) is 5.98. The third-order valence-corrected chi connectivity index (χ3v) is 2.81. The van der Waals surface area contributed by atoms with Crippen LogP contribution in [0.3, 0.4) is 0 Å². The number of nitrogens with zero attached hydrogens (tertiary/aromatic N) is 1. The molecule has 100 valence electrons. The van der Waals surface area contributed by atoms with Gasteiger partial charge in [0.15, 0.2) is 5.78 Å². The number of hydrogen-bond acceptors (Lipinski definition) is 3. The van der Waals surface area contributed by atoms with E-state index in [-0.39, 0.29) is 18.0 Å². The molecular formula is C16H12FNO2. The minimum atomic E-state index is -0.588. The van der Waals surface area contributed by atoms with E-state index in [9.17, 15) is 9.18 Å². The third-order valence-electron chi connectivity index (χ3n) is 2.81. The minimum Gasteiger partial charge on any atom is -0.489 e. The topological polar surface area (TPSA) is 50.1 Å². The second-order valence-corrected chi connectivity index (χ2v) is 4.30. The summed E-state index contributed by atoms with van der Waals surface area (Å²) in [6, 6.07) is 13.1. The summed E-state index contributed by atoms with van der Waals surface area (Å²) in [7, 11) is 0. The van der Waals surface area contributed by atoms with Crippen LogP contribution in [0.2, 0.25) is 0 Å². The van der Waals surface area contributed by atoms with Gasteiger partial charge < -0.3 is 4.74 Å². The van der Waals surface area contributed by atoms with Crippen LogP contribution in [0, 0.1) is 17.1 Å². The molecule has 0 atom stereocenters. The summed E-state index contributed by atoms with van der Waals surface area (Å²) < 4.78 is 19.0. The van der Waals surface area contributed by atoms with Crippen molar-refractivity contribution < 1.29 is 13.9 Å². The molecule has 0 aliphatic carbocycles. The fourth-order valence-electron chi connectivity index (χ4n) is 1.71. The Morgan fingerprint density at radius 2 is 1.95 bits per heavy atom. The molecule has 2 aromatic carbocycles. The van der Waals surface area contributed by atoms with Crippen molar-refractivity contribution in [1.82, 2.24) is 0 Å². The lowest BCUT2D eigenvalue weighted by Gasteiger charge is -2.07. The zero-order valence-corrected chi connectivity index (χ0v) is 10.9. The molecule has 0 heterocycles. The van der Waals surface area contributed by atoms with E-state index < -0.39 is 5.82 Å². The standard InChI is InChI=1S/C16H12FNO2/c1-11(19)15-7-6-14(8-16(15)17)20-10-13-4-2-12(9-18)3-5-13/h2-8H,10H2,1H3. The van der Waals surface area contributed by atoms with Crippen molar-refractivity contribution in [1.29, 1.82) is 5.26 Å². The number of benzene rings is 2. The van der Waals surface area contributed by atoms with E-state index in [2.05, 4.69) is 0 Å². The number of ketones is 1. The molecule has 0 aliphatic rings. The molecule has 0 aliphatic heterocycles. The number of carbonyl (C=O) groups is 1. The summed E-state index contributed by atoms with van der Waals surface area (Å²) in [5.41, 5.74) is 1.50. The molecule has 3 nitrogen and oxygen atoms in total. The second-order valence-electron chi connectivity index (χ2n) is 4.30. The van der Waals surface area contributed by atoms with Gasteiger partial charge in [0.2, 0.25) is 0 Å². The molecule has 0 N–H and O–H groups in total. The number of nitriles is 1. The highest BCUT2D eigenvalue weighted by Gasteiger charge is 2.08. The Labute approximate surface area is 116 Å². The fourth-order valence-corrected chi connectivity index (χ4v) is 1.71. The van der Waals surface area contributed by atoms with Crippen molar-refractivity contribution >= 4 is 5.78 Å². The van der Waals surface area contributed by atoms with E-state index in [0.29, 0.717) is 11.3 Å². The predicted molar refractivity (Wildman–Crippen MR) is 71.9 cm³/mol. The van der Waals surface area contributed by atoms with E-state index in [4.69, 9.17) is 10.00 Å². The van der Waals surface area contributed by atoms with Crippen molar-refractivity contribution in [3.63, 3.8) is 0 Å². The van der Waals surface area contributed by atoms with Crippen LogP contribution in [0.4, 0.5) is 4.39 Å². The lowest BCUT2D eigenvalue weighted by atomic mass is 10.1. The summed E-state index contributed by atoms with van der Waals surface area (Å²) in [5.74, 6) is -0.548. The highest BCUT2D eigenvalue weighted by Crippen LogP contribution is 2.18. The van der Waals surface area contributed by atoms with Crippen molar-refractivity contribution in [2.24, 2.45) is 0 Å². The zero-order chi connectivity index (χ0) is 14.5. The van der Waals surface area contributed by atoms with Crippen molar-refractivity contribution in [2.45, 2.75) is 13.5 Å². The zero-order valence-electron chi connectivity index (χ0n) is 10.9. The van der Waals surface area contributed by atoms with Crippen LogP contribution in [0.5, 0.6) is 5.75 Å². The molecule has 2 aromatic rings. The summed E-state index contributed by atoms with van der Waals surface area (Å²) >= 11 is 0. The number of hydrogen-bond donors (Lipinski definition) is 0. The van der Waals surface area contributed by atoms with Crippen LogP contribution in [-0.4, -0.2) is 5.78 Å². The molecule has 0 saturated carbocycles. The maximum atomic E-state index is 13.6. The van der Waals surface area contributed by atoms with Crippen molar-refractivity contribution in [2.75, 3.05) is 0 Å². The lowest BCUT2D eigenvalue weighted by Crippen LogP contribution is -1.99. The van der Waals surface area contributed by atoms with E-state index in [0.717, 1.165) is 5.56 Å². The molecule has 0 aromatic heterocycles. The average molecular weight is 269 g/mol. The minimum absolute atomic E-state index is 0.0516. The van der Waals surface area contributed by atoms with Crippen LogP contribution in [0.15, 0.2) is 42.5 Å². The normalized spacial score (nSPS) is 9.85. The van der Waals surface area contributed by atoms with Gasteiger partial charge in [-0.25, -0.2) is 4.39 Å². The van der Waals surface area contributed by atoms with Crippen LogP contribution in [0.25, 0.3) is 0 Å². The van der Waals surface area contributed by atoms with Crippen LogP contribution >= 0.6 is 0 Å². The Morgan fingerprint density at radius 1 is 1.25 bits per heavy atom. The van der Waals surface area contributed by atoms with Gasteiger partial charge in [-0.05, 0) is 36.8 Å². The predicted octanol–water partition coefficient (Wildman–Crippen LogP) is 3.48. The summed E-state index contributed by atoms with van der Waals surface area (Å²) in [5, 5.41) is 8.69. The molecule has 0 unspecified atom stereocenters. The fraction of sp³-hybridized carbons (Fsp3) is 0.125. The third kappa shape index (κ3) is 3.21. The molecule has 0 saturated heterocycles. The van der Waals surface area contributed by atoms with Gasteiger partial charge in [0.25, 0.3) is 0 Å². The summed E-state index contributed by atoms with van der Waals surface area (Å²) in [6.07, 6.45) is 0. The maximum Gasteiger partial charge on any atom is 0.162 e. The number of carbonyl (C=O) groups excluding carboxylic acids is 1. The van der Waals surface area contributed by atoms with Gasteiger partial charge in [-0.15, -0.1) is 0 Å². The first kappa shape index (κ1) is 13.8. The number of halogens is 1. The van der Waals surface area contributed by atoms with Crippen LogP contribution in [0.1, 0.15) is 28.4 Å². The highest BCUT2D eigenvalue weighted by molar-refractivity contribution is 5.94. The quantitative estimate of drug-likeness (QED) is 0.798. The number of Topliss-reactive ketones (excluding diaryl/α,β-unsaturated/α-hetero) is 1. The lowest BCUT2D eigenvalue weighted by molar-refractivity contribution is 0.101. The molecule has 20 heavy (non-hydrogen) atoms. The van der Waals surface area contributed by atoms with E-state index >= 15 is 0 Å². The Bertz CT molecular complexity index is 672. The highest BCUT2D eigenvalue weighted by atomic mass is 19.1. The largest absolute Gasteiger partial charge is 0.489 e. The molecule has 0 amide bonds. The van der Waals surface area contributed by atoms with Gasteiger partial charge in [0, 0.05) is 6.07 Å². The molecule has 4 heteroatoms. The average Bonchev–Trinajstić information content (AvgIpc) is 2.45. The van der Waals surface area contributed by atoms with Gasteiger partial charge in [0.1, 0.15) is 18.2 Å². The van der Waals surface area contributed by atoms with Crippen molar-refractivity contribution in [3.05, 3.63) is 65.0 Å². The van der Waals surface area contributed by atoms with Crippen LogP contribution in [-0.2, 0) is 6.61 Å². The molecule has 0 bridgehead atoms. The van der Waals surface area contributed by atoms with Gasteiger partial charge >= 0.3 is 0 Å². The molecule has 0 radical (unpaired) electrons. The van der Waals surface area contributed by atoms with E-state index in [1.165, 1.54) is 19.1 Å². The number of ether oxygens (including phenoxy) is 1. The maximum absolute atomic E-state index is 13.6. The van der Waals surface area contributed by atoms with Gasteiger partial charge in [-0.1, -0.05) is 12.1 Å². The van der Waals surface area contributed by atoms with Gasteiger partial charge in [-0.3, -0.25) is 4.79 Å². The summed E-state index contributed by atoms with van der Waals surface area (Å²) in [4.78, 5) is 11.1. The first-order valence-corrected chi connectivity index (χ1v) is 6.02. The molecule has 2 rings (SSSR count). The monoisotopic (exact) mass is 269 g/mol. The first-order chi connectivity index (χ1) is 9.60. The molecule has 0 fully saturated rings. The smallest absolute Gasteiger partial charge is 0.162 e. The van der Waals surface area contributed by atoms with Crippen LogP contribution < -0.4 is 4.74 Å². The van der Waals surface area contributed by atoms with Gasteiger partial charge in [0.05, 0.1) is 17.2 Å². The first-order valence-electron chi connectivity index (χ1n) is 6.02. The molecule has 0 spiro atoms. The van der Waals surface area contributed by atoms with E-state index in [1.54, 1.807) is 30.3 Å². The Hall–Kier alpha value is -2.67. The van der Waals surface area contributed by atoms with Crippen molar-refractivity contribution in [3.8, 4) is 11.8 Å². The molecular weight excluding hydrogens is 257 g/mol. The SMILES string of the molecule is CC(=O)c1ccc(OCc2ccc(C#N)cc2)cc1F. The summed E-state index contributed by atoms with van der Waals surface area (Å²) in [6.45, 7) is 1.58.